The molecule has 0 radical (unpaired) electrons. The molecule has 0 saturated carbocycles. The van der Waals surface area contributed by atoms with Crippen molar-refractivity contribution < 1.29 is 27.1 Å². The number of rotatable bonds is 6. The molecule has 2 atom stereocenters. The van der Waals surface area contributed by atoms with Crippen LogP contribution in [-0.4, -0.2) is 46.2 Å². The number of carbonyl (C=O) groups excluding carboxylic acids is 1. The number of hydrogen-bond acceptors (Lipinski definition) is 6. The van der Waals surface area contributed by atoms with Crippen molar-refractivity contribution in [1.82, 2.24) is 4.90 Å². The molecule has 0 saturated heterocycles. The molecule has 12 heteroatoms. The van der Waals surface area contributed by atoms with Crippen molar-refractivity contribution in [3.63, 3.8) is 0 Å². The second kappa shape index (κ2) is 7.98. The molecule has 0 bridgehead atoms. The van der Waals surface area contributed by atoms with Crippen molar-refractivity contribution in [2.24, 2.45) is 0 Å². The van der Waals surface area contributed by atoms with Crippen molar-refractivity contribution in [2.45, 2.75) is 37.1 Å². The second-order valence-corrected chi connectivity index (χ2v) is 9.83. The average Bonchev–Trinajstić information content (AvgIpc) is 2.86. The van der Waals surface area contributed by atoms with Crippen molar-refractivity contribution >= 4 is 50.0 Å². The van der Waals surface area contributed by atoms with Gasteiger partial charge in [0.2, 0.25) is 9.84 Å². The van der Waals surface area contributed by atoms with Gasteiger partial charge >= 0.3 is 0 Å². The first-order valence-corrected chi connectivity index (χ1v) is 11.7. The van der Waals surface area contributed by atoms with E-state index in [1.165, 1.54) is 17.0 Å². The summed E-state index contributed by atoms with van der Waals surface area (Å²) in [5.74, 6) is -0.754. The fourth-order valence-corrected chi connectivity index (χ4v) is 5.35. The molecule has 2 aliphatic rings. The lowest BCUT2D eigenvalue weighted by Crippen LogP contribution is -2.32. The molecule has 0 fully saturated rings. The van der Waals surface area contributed by atoms with Gasteiger partial charge in [-0.2, -0.15) is 0 Å². The number of anilines is 2. The van der Waals surface area contributed by atoms with Gasteiger partial charge in [-0.25, -0.2) is 12.6 Å². The van der Waals surface area contributed by atoms with Crippen LogP contribution < -0.4 is 10.0 Å². The number of unbranched alkanes of at least 4 members (excludes halogenated alkanes) is 1. The van der Waals surface area contributed by atoms with E-state index in [2.05, 4.69) is 10.0 Å². The largest absolute Gasteiger partial charge is 0.509 e. The van der Waals surface area contributed by atoms with E-state index in [9.17, 15) is 22.5 Å². The third-order valence-corrected chi connectivity index (χ3v) is 7.62. The predicted molar refractivity (Wildman–Crippen MR) is 110 cm³/mol. The Kier molecular flexibility index (Phi) is 5.95. The summed E-state index contributed by atoms with van der Waals surface area (Å²) in [6, 6.07) is 3.38. The van der Waals surface area contributed by atoms with Gasteiger partial charge in [-0.3, -0.25) is 14.1 Å². The number of carbonyl (C=O) groups is 1. The molecule has 9 nitrogen and oxygen atoms in total. The first-order valence-electron chi connectivity index (χ1n) is 8.73. The van der Waals surface area contributed by atoms with E-state index in [0.717, 1.165) is 18.9 Å². The fourth-order valence-electron chi connectivity index (χ4n) is 3.33. The highest BCUT2D eigenvalue weighted by molar-refractivity contribution is 7.97. The standard InChI is InChI=1S/C17H20ClN3O6S2/c1-3-4-5-11-15(22)13(17(23)21(11)2)14-16(18)29(26,27)12-8-9(20-28(24)25)6-7-10(12)19-14/h6-8,11,19-20,22H,3-5H2,1-2H3,(H,24,25). The number of hydrogen-bond donors (Lipinski definition) is 4. The number of likely N-dealkylation sites (N-methyl/N-ethyl adjacent to an activating group) is 1. The Morgan fingerprint density at radius 2 is 2.07 bits per heavy atom. The van der Waals surface area contributed by atoms with E-state index >= 15 is 0 Å². The number of benzene rings is 1. The summed E-state index contributed by atoms with van der Waals surface area (Å²) in [7, 11) is -2.68. The molecule has 1 amide bonds. The summed E-state index contributed by atoms with van der Waals surface area (Å²) in [6.07, 6.45) is 2.19. The molecule has 0 aromatic heterocycles. The van der Waals surface area contributed by atoms with Crippen LogP contribution in [0.3, 0.4) is 0 Å². The van der Waals surface area contributed by atoms with E-state index in [1.807, 2.05) is 6.92 Å². The highest BCUT2D eigenvalue weighted by Crippen LogP contribution is 2.42. The van der Waals surface area contributed by atoms with Gasteiger partial charge in [0.05, 0.1) is 22.3 Å². The zero-order valence-electron chi connectivity index (χ0n) is 15.6. The van der Waals surface area contributed by atoms with Gasteiger partial charge in [0.15, 0.2) is 4.36 Å². The van der Waals surface area contributed by atoms with Gasteiger partial charge in [0, 0.05) is 12.7 Å². The number of nitrogens with one attached hydrogen (secondary N) is 2. The van der Waals surface area contributed by atoms with Crippen LogP contribution >= 0.6 is 11.6 Å². The van der Waals surface area contributed by atoms with Crippen LogP contribution in [-0.2, 0) is 25.9 Å². The first kappa shape index (κ1) is 21.6. The summed E-state index contributed by atoms with van der Waals surface area (Å²) in [5, 5.41) is 13.5. The topological polar surface area (TPSA) is 136 Å². The van der Waals surface area contributed by atoms with E-state index in [-0.39, 0.29) is 33.3 Å². The predicted octanol–water partition coefficient (Wildman–Crippen LogP) is 2.69. The summed E-state index contributed by atoms with van der Waals surface area (Å²) >= 11 is 3.77. The van der Waals surface area contributed by atoms with Crippen LogP contribution in [0.4, 0.5) is 11.4 Å². The van der Waals surface area contributed by atoms with Crippen LogP contribution in [0.1, 0.15) is 26.2 Å². The molecule has 29 heavy (non-hydrogen) atoms. The van der Waals surface area contributed by atoms with E-state index in [4.69, 9.17) is 16.2 Å². The third-order valence-electron chi connectivity index (χ3n) is 4.82. The van der Waals surface area contributed by atoms with Gasteiger partial charge in [-0.1, -0.05) is 31.4 Å². The van der Waals surface area contributed by atoms with Gasteiger partial charge in [0.1, 0.15) is 11.3 Å². The smallest absolute Gasteiger partial charge is 0.259 e. The lowest BCUT2D eigenvalue weighted by Gasteiger charge is -2.23. The van der Waals surface area contributed by atoms with Crippen LogP contribution in [0.5, 0.6) is 0 Å². The maximum absolute atomic E-state index is 12.9. The second-order valence-electron chi connectivity index (χ2n) is 6.67. The number of aliphatic hydroxyl groups excluding tert-OH is 1. The molecule has 158 valence electrons. The molecule has 1 aromatic rings. The summed E-state index contributed by atoms with van der Waals surface area (Å²) in [5.41, 5.74) is -0.127. The Morgan fingerprint density at radius 1 is 1.38 bits per heavy atom. The molecule has 0 aliphatic carbocycles. The molecule has 1 aromatic carbocycles. The third kappa shape index (κ3) is 3.75. The maximum atomic E-state index is 12.9. The quantitative estimate of drug-likeness (QED) is 0.478. The van der Waals surface area contributed by atoms with Gasteiger partial charge in [-0.15, -0.1) is 0 Å². The minimum atomic E-state index is -4.22. The molecule has 2 aliphatic heterocycles. The van der Waals surface area contributed by atoms with Crippen molar-refractivity contribution in [3.05, 3.63) is 39.6 Å². The highest BCUT2D eigenvalue weighted by Gasteiger charge is 2.43. The lowest BCUT2D eigenvalue weighted by molar-refractivity contribution is -0.125. The van der Waals surface area contributed by atoms with E-state index < -0.39 is 37.4 Å². The van der Waals surface area contributed by atoms with Crippen molar-refractivity contribution in [1.29, 1.82) is 0 Å². The minimum absolute atomic E-state index is 0.0984. The number of halogens is 1. The summed E-state index contributed by atoms with van der Waals surface area (Å²) in [4.78, 5) is 13.9. The molecule has 0 spiro atoms. The number of fused-ring (bicyclic) bond motifs is 1. The normalized spacial score (nSPS) is 21.9. The summed E-state index contributed by atoms with van der Waals surface area (Å²) < 4.78 is 47.3. The van der Waals surface area contributed by atoms with Crippen molar-refractivity contribution in [2.75, 3.05) is 17.1 Å². The maximum Gasteiger partial charge on any atom is 0.259 e. The molecular weight excluding hydrogens is 442 g/mol. The van der Waals surface area contributed by atoms with Crippen LogP contribution in [0, 0.1) is 0 Å². The zero-order chi connectivity index (χ0) is 21.5. The lowest BCUT2D eigenvalue weighted by atomic mass is 10.1. The Morgan fingerprint density at radius 3 is 2.69 bits per heavy atom. The number of nitrogens with zero attached hydrogens (tertiary/aromatic N) is 1. The summed E-state index contributed by atoms with van der Waals surface area (Å²) in [6.45, 7) is 1.99. The van der Waals surface area contributed by atoms with E-state index in [0.29, 0.717) is 6.42 Å². The Hall–Kier alpha value is -2.08. The number of amides is 1. The Labute approximate surface area is 175 Å². The fraction of sp³-hybridized carbons (Fsp3) is 0.353. The Bertz CT molecular complexity index is 1070. The zero-order valence-corrected chi connectivity index (χ0v) is 18.0. The molecule has 2 heterocycles. The first-order chi connectivity index (χ1) is 13.6. The van der Waals surface area contributed by atoms with Crippen molar-refractivity contribution in [3.8, 4) is 0 Å². The van der Waals surface area contributed by atoms with Crippen LogP contribution in [0.2, 0.25) is 0 Å². The molecule has 3 rings (SSSR count). The molecule has 4 N–H and O–H groups in total. The van der Waals surface area contributed by atoms with Crippen LogP contribution in [0.15, 0.2) is 44.5 Å². The average molecular weight is 462 g/mol. The van der Waals surface area contributed by atoms with Gasteiger partial charge < -0.3 is 15.3 Å². The molecule has 2 unspecified atom stereocenters. The number of sulfone groups is 1. The molecular formula is C17H20ClN3O6S2. The highest BCUT2D eigenvalue weighted by atomic mass is 35.5. The number of aliphatic hydroxyl groups is 1. The van der Waals surface area contributed by atoms with E-state index in [1.54, 1.807) is 7.05 Å². The Balaban J connectivity index is 2.09. The van der Waals surface area contributed by atoms with Crippen LogP contribution in [0.25, 0.3) is 0 Å². The van der Waals surface area contributed by atoms with Gasteiger partial charge in [-0.05, 0) is 24.6 Å². The minimum Gasteiger partial charge on any atom is -0.509 e. The SMILES string of the molecule is CCCCC1C(O)=C(C2=C(Cl)S(=O)(=O)c3cc(NS(=O)O)ccc3N2)C(=O)N1C. The van der Waals surface area contributed by atoms with Gasteiger partial charge in [0.25, 0.3) is 17.2 Å². The monoisotopic (exact) mass is 461 g/mol.